The lowest BCUT2D eigenvalue weighted by Gasteiger charge is -2.12. The summed E-state index contributed by atoms with van der Waals surface area (Å²) < 4.78 is 7.51. The van der Waals surface area contributed by atoms with Gasteiger partial charge in [0.05, 0.1) is 0 Å². The number of ether oxygens (including phenoxy) is 1. The Labute approximate surface area is 170 Å². The summed E-state index contributed by atoms with van der Waals surface area (Å²) in [5, 5.41) is 2.67. The molecule has 0 saturated heterocycles. The van der Waals surface area contributed by atoms with E-state index in [4.69, 9.17) is 4.74 Å². The topological polar surface area (TPSA) is 77.4 Å². The summed E-state index contributed by atoms with van der Waals surface area (Å²) in [5.74, 6) is -1.06. The first-order chi connectivity index (χ1) is 13.8. The Morgan fingerprint density at radius 3 is 2.41 bits per heavy atom. The fraction of sp³-hybridized carbons (Fsp3) is 0.348. The lowest BCUT2D eigenvalue weighted by atomic mass is 10.1. The molecule has 1 aliphatic carbocycles. The summed E-state index contributed by atoms with van der Waals surface area (Å²) in [7, 11) is 0. The van der Waals surface area contributed by atoms with Gasteiger partial charge in [-0.2, -0.15) is 0 Å². The Morgan fingerprint density at radius 2 is 1.83 bits per heavy atom. The maximum absolute atomic E-state index is 12.2. The zero-order chi connectivity index (χ0) is 21.1. The molecular formula is C23H26N2O4. The van der Waals surface area contributed by atoms with Gasteiger partial charge in [-0.15, -0.1) is 0 Å². The molecule has 6 nitrogen and oxygen atoms in total. The Kier molecular flexibility index (Phi) is 6.01. The van der Waals surface area contributed by atoms with E-state index in [1.165, 1.54) is 38.5 Å². The van der Waals surface area contributed by atoms with Crippen molar-refractivity contribution in [1.82, 2.24) is 4.57 Å². The number of Topliss-reactive ketones (excluding diaryl/α,β-unsaturated/α-hetero) is 1. The van der Waals surface area contributed by atoms with Gasteiger partial charge in [-0.25, -0.2) is 4.79 Å². The van der Waals surface area contributed by atoms with Crippen LogP contribution in [0.1, 0.15) is 60.0 Å². The van der Waals surface area contributed by atoms with Crippen molar-refractivity contribution in [2.45, 2.75) is 52.7 Å². The number of aryl methyl sites for hydroxylation is 1. The number of hydrogen-bond donors (Lipinski definition) is 1. The van der Waals surface area contributed by atoms with Crippen LogP contribution in [-0.4, -0.2) is 28.3 Å². The van der Waals surface area contributed by atoms with E-state index in [1.54, 1.807) is 30.3 Å². The molecule has 1 aromatic carbocycles. The van der Waals surface area contributed by atoms with E-state index in [0.717, 1.165) is 11.3 Å². The molecule has 2 aromatic rings. The smallest absolute Gasteiger partial charge is 0.331 e. The molecule has 6 heteroatoms. The van der Waals surface area contributed by atoms with Crippen LogP contribution in [0.2, 0.25) is 0 Å². The molecule has 1 atom stereocenters. The molecule has 152 valence electrons. The molecule has 1 aromatic heterocycles. The van der Waals surface area contributed by atoms with Crippen molar-refractivity contribution in [3.8, 4) is 0 Å². The Morgan fingerprint density at radius 1 is 1.17 bits per heavy atom. The third-order valence-electron chi connectivity index (χ3n) is 5.06. The number of nitrogens with zero attached hydrogens (tertiary/aromatic N) is 1. The standard InChI is InChI=1S/C23H26N2O4/c1-14-13-19(15(2)25(14)21-10-11-21)7-12-22(27)29-17(4)23(28)24-20-8-5-18(6-9-20)16(3)26/h5-9,12-13,17,21H,10-11H2,1-4H3,(H,24,28)/b12-7+/t17-/m0/s1. The van der Waals surface area contributed by atoms with Crippen LogP contribution >= 0.6 is 0 Å². The zero-order valence-corrected chi connectivity index (χ0v) is 17.2. The van der Waals surface area contributed by atoms with Crippen molar-refractivity contribution < 1.29 is 19.1 Å². The van der Waals surface area contributed by atoms with Crippen LogP contribution in [0.4, 0.5) is 5.69 Å². The molecular weight excluding hydrogens is 368 g/mol. The molecule has 0 unspecified atom stereocenters. The Bertz CT molecular complexity index is 966. The number of aromatic nitrogens is 1. The first-order valence-corrected chi connectivity index (χ1v) is 9.75. The molecule has 0 radical (unpaired) electrons. The highest BCUT2D eigenvalue weighted by Gasteiger charge is 2.26. The SMILES string of the molecule is CC(=O)c1ccc(NC(=O)[C@H](C)OC(=O)/C=C/c2cc(C)n(C3CC3)c2C)cc1. The van der Waals surface area contributed by atoms with E-state index in [2.05, 4.69) is 22.9 Å². The fourth-order valence-corrected chi connectivity index (χ4v) is 3.32. The van der Waals surface area contributed by atoms with Gasteiger partial charge in [0.15, 0.2) is 11.9 Å². The van der Waals surface area contributed by atoms with Crippen LogP contribution < -0.4 is 5.32 Å². The van der Waals surface area contributed by atoms with Gasteiger partial charge in [-0.1, -0.05) is 0 Å². The van der Waals surface area contributed by atoms with E-state index >= 15 is 0 Å². The lowest BCUT2D eigenvalue weighted by molar-refractivity contribution is -0.148. The minimum absolute atomic E-state index is 0.0464. The molecule has 3 rings (SSSR count). The van der Waals surface area contributed by atoms with Gasteiger partial charge < -0.3 is 14.6 Å². The van der Waals surface area contributed by atoms with Crippen LogP contribution in [0, 0.1) is 13.8 Å². The first-order valence-electron chi connectivity index (χ1n) is 9.75. The number of benzene rings is 1. The average Bonchev–Trinajstić information content (AvgIpc) is 3.46. The lowest BCUT2D eigenvalue weighted by Crippen LogP contribution is -2.29. The van der Waals surface area contributed by atoms with Gasteiger partial charge in [-0.05, 0) is 82.5 Å². The van der Waals surface area contributed by atoms with E-state index in [1.807, 2.05) is 6.92 Å². The van der Waals surface area contributed by atoms with Crippen molar-refractivity contribution in [3.63, 3.8) is 0 Å². The molecule has 1 N–H and O–H groups in total. The summed E-state index contributed by atoms with van der Waals surface area (Å²) in [6.45, 7) is 7.11. The summed E-state index contributed by atoms with van der Waals surface area (Å²) in [6, 6.07) is 9.18. The molecule has 1 aliphatic rings. The van der Waals surface area contributed by atoms with E-state index in [9.17, 15) is 14.4 Å². The Balaban J connectivity index is 1.55. The number of carbonyl (C=O) groups is 3. The third-order valence-corrected chi connectivity index (χ3v) is 5.06. The molecule has 29 heavy (non-hydrogen) atoms. The molecule has 0 bridgehead atoms. The van der Waals surface area contributed by atoms with Gasteiger partial charge in [0.2, 0.25) is 0 Å². The van der Waals surface area contributed by atoms with E-state index < -0.39 is 18.0 Å². The minimum atomic E-state index is -0.946. The predicted molar refractivity (Wildman–Crippen MR) is 112 cm³/mol. The second-order valence-electron chi connectivity index (χ2n) is 7.46. The maximum Gasteiger partial charge on any atom is 0.331 e. The largest absolute Gasteiger partial charge is 0.449 e. The number of esters is 1. The van der Waals surface area contributed by atoms with Gasteiger partial charge in [-0.3, -0.25) is 9.59 Å². The summed E-state index contributed by atoms with van der Waals surface area (Å²) in [6.07, 6.45) is 4.54. The average molecular weight is 394 g/mol. The van der Waals surface area contributed by atoms with Gasteiger partial charge in [0, 0.05) is 34.8 Å². The number of ketones is 1. The molecule has 1 saturated carbocycles. The highest BCUT2D eigenvalue weighted by molar-refractivity contribution is 5.98. The maximum atomic E-state index is 12.2. The monoisotopic (exact) mass is 394 g/mol. The number of nitrogens with one attached hydrogen (secondary N) is 1. The quantitative estimate of drug-likeness (QED) is 0.433. The van der Waals surface area contributed by atoms with Crippen LogP contribution in [0.3, 0.4) is 0 Å². The second-order valence-corrected chi connectivity index (χ2v) is 7.46. The van der Waals surface area contributed by atoms with Crippen LogP contribution in [0.5, 0.6) is 0 Å². The summed E-state index contributed by atoms with van der Waals surface area (Å²) in [4.78, 5) is 35.7. The van der Waals surface area contributed by atoms with Crippen molar-refractivity contribution in [2.75, 3.05) is 5.32 Å². The van der Waals surface area contributed by atoms with Crippen LogP contribution in [0.15, 0.2) is 36.4 Å². The van der Waals surface area contributed by atoms with Gasteiger partial charge >= 0.3 is 5.97 Å². The number of hydrogen-bond acceptors (Lipinski definition) is 4. The van der Waals surface area contributed by atoms with Crippen LogP contribution in [-0.2, 0) is 14.3 Å². The molecule has 0 aliphatic heterocycles. The van der Waals surface area contributed by atoms with Crippen molar-refractivity contribution >= 4 is 29.4 Å². The van der Waals surface area contributed by atoms with Crippen molar-refractivity contribution in [1.29, 1.82) is 0 Å². The van der Waals surface area contributed by atoms with Gasteiger partial charge in [0.25, 0.3) is 5.91 Å². The van der Waals surface area contributed by atoms with Crippen molar-refractivity contribution in [2.24, 2.45) is 0 Å². The third kappa shape index (κ3) is 5.02. The van der Waals surface area contributed by atoms with E-state index in [0.29, 0.717) is 17.3 Å². The number of rotatable bonds is 7. The highest BCUT2D eigenvalue weighted by atomic mass is 16.5. The van der Waals surface area contributed by atoms with Gasteiger partial charge in [0.1, 0.15) is 0 Å². The number of carbonyl (C=O) groups excluding carboxylic acids is 3. The van der Waals surface area contributed by atoms with Crippen molar-refractivity contribution in [3.05, 3.63) is 58.9 Å². The fourth-order valence-electron chi connectivity index (χ4n) is 3.32. The number of anilines is 1. The normalized spacial score (nSPS) is 14.6. The molecule has 1 amide bonds. The molecule has 1 heterocycles. The molecule has 1 fully saturated rings. The minimum Gasteiger partial charge on any atom is -0.449 e. The highest BCUT2D eigenvalue weighted by Crippen LogP contribution is 2.38. The second kappa shape index (κ2) is 8.47. The predicted octanol–water partition coefficient (Wildman–Crippen LogP) is 4.23. The molecule has 0 spiro atoms. The van der Waals surface area contributed by atoms with E-state index in [-0.39, 0.29) is 5.78 Å². The number of amides is 1. The summed E-state index contributed by atoms with van der Waals surface area (Å²) in [5.41, 5.74) is 4.39. The zero-order valence-electron chi connectivity index (χ0n) is 17.2. The van der Waals surface area contributed by atoms with Crippen LogP contribution in [0.25, 0.3) is 6.08 Å². The first kappa shape index (κ1) is 20.6. The Hall–Kier alpha value is -3.15. The summed E-state index contributed by atoms with van der Waals surface area (Å²) >= 11 is 0.